The van der Waals surface area contributed by atoms with Crippen molar-refractivity contribution >= 4 is 47.3 Å². The van der Waals surface area contributed by atoms with Gasteiger partial charge in [0.2, 0.25) is 0 Å². The van der Waals surface area contributed by atoms with Crippen LogP contribution in [0.2, 0.25) is 0 Å². The van der Waals surface area contributed by atoms with Crippen LogP contribution in [0.4, 0.5) is 0 Å². The summed E-state index contributed by atoms with van der Waals surface area (Å²) in [6, 6.07) is 23.4. The van der Waals surface area contributed by atoms with Crippen LogP contribution >= 0.6 is 11.8 Å². The third-order valence-electron chi connectivity index (χ3n) is 13.7. The molecule has 15 heteroatoms. The lowest BCUT2D eigenvalue weighted by Crippen LogP contribution is -2.81. The number of amides is 1. The van der Waals surface area contributed by atoms with Gasteiger partial charge in [-0.15, -0.1) is 0 Å². The number of fused-ring (bicyclic) bond motifs is 5. The standard InChI is InChI=1S/C48H53NO13S/c1-26-32(60-44(56)37(52)36(29-17-11-8-12-18-29)49-42(54)30-19-13-9-14-20-30)24-48(57)41(61-43(55)31-21-15-10-16-22-31)39-46(6,40(53)38(59-27(2)50)35(26)45(48,4)5)34(63-7)23-33-47(39,25-58-33)62-28(3)51/h8-22,32-34,36-39,41,52,57H,23-25H2,1-7H3,(H,49,54)/t32?,33?,34?,36?,37?,38?,39?,41?,46-,47?,48?/m1/s1. The van der Waals surface area contributed by atoms with E-state index in [0.717, 1.165) is 6.92 Å². The first-order valence-corrected chi connectivity index (χ1v) is 22.1. The number of rotatable bonds is 11. The topological polar surface area (TPSA) is 201 Å². The molecule has 0 spiro atoms. The maximum absolute atomic E-state index is 15.8. The minimum Gasteiger partial charge on any atom is -0.456 e. The van der Waals surface area contributed by atoms with Crippen molar-refractivity contribution in [1.82, 2.24) is 5.32 Å². The van der Waals surface area contributed by atoms with E-state index in [0.29, 0.717) is 5.56 Å². The zero-order valence-corrected chi connectivity index (χ0v) is 37.0. The highest BCUT2D eigenvalue weighted by Crippen LogP contribution is 2.65. The summed E-state index contributed by atoms with van der Waals surface area (Å²) in [6.07, 6.45) is -6.01. The molecule has 2 bridgehead atoms. The first-order chi connectivity index (χ1) is 29.8. The predicted molar refractivity (Wildman–Crippen MR) is 229 cm³/mol. The molecule has 1 saturated heterocycles. The second-order valence-electron chi connectivity index (χ2n) is 17.6. The number of hydrogen-bond acceptors (Lipinski definition) is 14. The third-order valence-corrected chi connectivity index (χ3v) is 15.0. The summed E-state index contributed by atoms with van der Waals surface area (Å²) < 4.78 is 31.0. The molecule has 3 fully saturated rings. The molecule has 334 valence electrons. The number of carbonyl (C=O) groups excluding carboxylic acids is 6. The number of hydrogen-bond donors (Lipinski definition) is 3. The van der Waals surface area contributed by atoms with Crippen molar-refractivity contribution in [3.05, 3.63) is 119 Å². The highest BCUT2D eigenvalue weighted by Gasteiger charge is 2.78. The van der Waals surface area contributed by atoms with E-state index in [1.54, 1.807) is 113 Å². The molecule has 11 atom stereocenters. The van der Waals surface area contributed by atoms with Gasteiger partial charge in [-0.05, 0) is 60.6 Å². The molecule has 3 aromatic carbocycles. The SMILES string of the molecule is CSC1CC2OCC2(OC(C)=O)C2C(OC(=O)c3ccccc3)C3(O)CC(OC(=O)C(O)C(NC(=O)c4ccccc4)c4ccccc4)C(C)=C(C(OC(C)=O)C(=O)[C@]12C)C3(C)C. The first-order valence-electron chi connectivity index (χ1n) is 20.9. The Bertz CT molecular complexity index is 2300. The van der Waals surface area contributed by atoms with Crippen LogP contribution in [0, 0.1) is 16.7 Å². The van der Waals surface area contributed by atoms with Crippen LogP contribution < -0.4 is 5.32 Å². The Morgan fingerprint density at radius 2 is 1.43 bits per heavy atom. The number of esters is 4. The number of thioether (sulfide) groups is 1. The van der Waals surface area contributed by atoms with Crippen LogP contribution in [-0.2, 0) is 42.9 Å². The lowest BCUT2D eigenvalue weighted by Gasteiger charge is -2.68. The summed E-state index contributed by atoms with van der Waals surface area (Å²) in [5.41, 5.74) is -5.99. The average molecular weight is 884 g/mol. The molecular weight excluding hydrogens is 831 g/mol. The fourth-order valence-electron chi connectivity index (χ4n) is 10.5. The van der Waals surface area contributed by atoms with Crippen molar-refractivity contribution in [3.8, 4) is 0 Å². The zero-order valence-electron chi connectivity index (χ0n) is 36.2. The van der Waals surface area contributed by atoms with E-state index in [-0.39, 0.29) is 35.3 Å². The van der Waals surface area contributed by atoms with Crippen molar-refractivity contribution in [2.75, 3.05) is 12.9 Å². The Kier molecular flexibility index (Phi) is 12.6. The summed E-state index contributed by atoms with van der Waals surface area (Å²) in [6.45, 7) is 8.67. The van der Waals surface area contributed by atoms with Gasteiger partial charge < -0.3 is 39.2 Å². The molecule has 1 amide bonds. The van der Waals surface area contributed by atoms with Gasteiger partial charge in [0.15, 0.2) is 23.6 Å². The van der Waals surface area contributed by atoms with E-state index in [4.69, 9.17) is 23.7 Å². The van der Waals surface area contributed by atoms with Gasteiger partial charge in [-0.1, -0.05) is 87.5 Å². The fourth-order valence-corrected chi connectivity index (χ4v) is 11.6. The minimum atomic E-state index is -2.29. The highest BCUT2D eigenvalue weighted by molar-refractivity contribution is 7.99. The van der Waals surface area contributed by atoms with Gasteiger partial charge in [0.05, 0.1) is 29.5 Å². The number of nitrogens with one attached hydrogen (secondary N) is 1. The number of ether oxygens (including phenoxy) is 5. The van der Waals surface area contributed by atoms with E-state index in [1.807, 2.05) is 0 Å². The quantitative estimate of drug-likeness (QED) is 0.130. The van der Waals surface area contributed by atoms with Crippen molar-refractivity contribution in [2.24, 2.45) is 16.7 Å². The summed E-state index contributed by atoms with van der Waals surface area (Å²) in [5, 5.41) is 27.8. The number of aliphatic hydroxyl groups excluding tert-OH is 1. The fraction of sp³-hybridized carbons (Fsp3) is 0.458. The van der Waals surface area contributed by atoms with Crippen LogP contribution in [0.25, 0.3) is 0 Å². The van der Waals surface area contributed by atoms with Gasteiger partial charge in [-0.2, -0.15) is 11.8 Å². The lowest BCUT2D eigenvalue weighted by atomic mass is 9.45. The maximum atomic E-state index is 15.8. The summed E-state index contributed by atoms with van der Waals surface area (Å²) in [7, 11) is 0. The molecule has 4 aliphatic rings. The monoisotopic (exact) mass is 883 g/mol. The van der Waals surface area contributed by atoms with Crippen molar-refractivity contribution in [2.45, 2.75) is 107 Å². The minimum absolute atomic E-state index is 0.106. The van der Waals surface area contributed by atoms with Crippen LogP contribution in [-0.4, -0.2) is 106 Å². The van der Waals surface area contributed by atoms with Gasteiger partial charge >= 0.3 is 23.9 Å². The Morgan fingerprint density at radius 3 is 1.97 bits per heavy atom. The van der Waals surface area contributed by atoms with E-state index < -0.39 is 112 Å². The Balaban J connectivity index is 1.40. The normalized spacial score (nSPS) is 31.5. The number of Topliss-reactive ketones (excluding diaryl/α,β-unsaturated/α-hetero) is 1. The highest BCUT2D eigenvalue weighted by atomic mass is 32.2. The largest absolute Gasteiger partial charge is 0.456 e. The first kappa shape index (κ1) is 45.7. The van der Waals surface area contributed by atoms with Gasteiger partial charge in [-0.25, -0.2) is 9.59 Å². The van der Waals surface area contributed by atoms with Gasteiger partial charge in [-0.3, -0.25) is 19.2 Å². The van der Waals surface area contributed by atoms with Crippen LogP contribution in [0.5, 0.6) is 0 Å². The number of ketones is 1. The second kappa shape index (κ2) is 17.3. The molecule has 1 heterocycles. The molecule has 14 nitrogen and oxygen atoms in total. The lowest BCUT2D eigenvalue weighted by molar-refractivity contribution is -0.331. The van der Waals surface area contributed by atoms with E-state index in [9.17, 15) is 34.2 Å². The van der Waals surface area contributed by atoms with Gasteiger partial charge in [0.1, 0.15) is 23.9 Å². The molecule has 10 unspecified atom stereocenters. The summed E-state index contributed by atoms with van der Waals surface area (Å²) in [5.74, 6) is -6.06. The van der Waals surface area contributed by atoms with Crippen LogP contribution in [0.15, 0.2) is 102 Å². The molecule has 3 aromatic rings. The molecule has 7 rings (SSSR count). The number of benzene rings is 3. The maximum Gasteiger partial charge on any atom is 0.338 e. The van der Waals surface area contributed by atoms with E-state index >= 15 is 4.79 Å². The van der Waals surface area contributed by atoms with E-state index in [1.165, 1.54) is 30.8 Å². The van der Waals surface area contributed by atoms with Crippen LogP contribution in [0.1, 0.15) is 86.7 Å². The Labute approximate surface area is 370 Å². The number of aliphatic hydroxyl groups is 2. The molecule has 3 N–H and O–H groups in total. The molecule has 0 radical (unpaired) electrons. The zero-order chi connectivity index (χ0) is 45.6. The molecule has 2 saturated carbocycles. The predicted octanol–water partition coefficient (Wildman–Crippen LogP) is 5.11. The van der Waals surface area contributed by atoms with Gasteiger partial charge in [0, 0.05) is 36.5 Å². The second-order valence-corrected chi connectivity index (χ2v) is 18.6. The summed E-state index contributed by atoms with van der Waals surface area (Å²) in [4.78, 5) is 84.2. The molecule has 3 aliphatic carbocycles. The average Bonchev–Trinajstić information content (AvgIpc) is 3.25. The Hall–Kier alpha value is -5.35. The smallest absolute Gasteiger partial charge is 0.338 e. The van der Waals surface area contributed by atoms with Crippen molar-refractivity contribution < 1.29 is 62.7 Å². The number of carbonyl (C=O) groups is 6. The summed E-state index contributed by atoms with van der Waals surface area (Å²) >= 11 is 1.34. The Morgan fingerprint density at radius 1 is 0.841 bits per heavy atom. The molecule has 63 heavy (non-hydrogen) atoms. The third kappa shape index (κ3) is 7.76. The van der Waals surface area contributed by atoms with Crippen LogP contribution in [0.3, 0.4) is 0 Å². The molecular formula is C48H53NO13S. The van der Waals surface area contributed by atoms with E-state index in [2.05, 4.69) is 5.32 Å². The van der Waals surface area contributed by atoms with Crippen molar-refractivity contribution in [1.29, 1.82) is 0 Å². The molecule has 1 aliphatic heterocycles. The van der Waals surface area contributed by atoms with Gasteiger partial charge in [0.25, 0.3) is 5.91 Å². The van der Waals surface area contributed by atoms with Crippen molar-refractivity contribution in [3.63, 3.8) is 0 Å². The molecule has 0 aromatic heterocycles.